The monoisotopic (exact) mass is 491 g/mol. The van der Waals surface area contributed by atoms with E-state index < -0.39 is 27.6 Å². The van der Waals surface area contributed by atoms with Crippen molar-refractivity contribution in [2.24, 2.45) is 4.99 Å². The van der Waals surface area contributed by atoms with E-state index in [4.69, 9.17) is 6.42 Å². The normalized spacial score (nSPS) is 12.4. The minimum Gasteiger partial charge on any atom is -0.302 e. The molecule has 0 spiro atoms. The molecule has 174 valence electrons. The predicted octanol–water partition coefficient (Wildman–Crippen LogP) is 4.17. The molecule has 0 aliphatic rings. The van der Waals surface area contributed by atoms with Gasteiger partial charge in [0, 0.05) is 24.7 Å². The second-order valence-electron chi connectivity index (χ2n) is 7.20. The Morgan fingerprint density at radius 2 is 1.91 bits per heavy atom. The molecule has 1 amide bonds. The topological polar surface area (TPSA) is 71.7 Å². The van der Waals surface area contributed by atoms with Crippen molar-refractivity contribution in [2.45, 2.75) is 38.1 Å². The Bertz CT molecular complexity index is 1390. The molecule has 0 radical (unpaired) electrons. The summed E-state index contributed by atoms with van der Waals surface area (Å²) in [7, 11) is -3.67. The van der Waals surface area contributed by atoms with Crippen molar-refractivity contribution in [3.63, 3.8) is 0 Å². The van der Waals surface area contributed by atoms with Gasteiger partial charge in [0.15, 0.2) is 10.6 Å². The highest BCUT2D eigenvalue weighted by Gasteiger charge is 2.23. The number of hydrogen-bond donors (Lipinski definition) is 0. The van der Waals surface area contributed by atoms with E-state index in [0.29, 0.717) is 13.1 Å². The zero-order chi connectivity index (χ0) is 24.2. The van der Waals surface area contributed by atoms with Crippen molar-refractivity contribution < 1.29 is 22.0 Å². The molecule has 1 heterocycles. The van der Waals surface area contributed by atoms with Crippen LogP contribution < -0.4 is 4.80 Å². The number of hydrogen-bond acceptors (Lipinski definition) is 4. The number of nitrogens with zero attached hydrogens (tertiary/aromatic N) is 3. The third-order valence-electron chi connectivity index (χ3n) is 4.99. The summed E-state index contributed by atoms with van der Waals surface area (Å²) in [6.45, 7) is 4.46. The molecule has 1 aromatic heterocycles. The first-order valence-corrected chi connectivity index (χ1v) is 12.6. The van der Waals surface area contributed by atoms with Crippen molar-refractivity contribution in [3.8, 4) is 12.3 Å². The molecule has 0 saturated carbocycles. The minimum absolute atomic E-state index is 0.0591. The van der Waals surface area contributed by atoms with Crippen molar-refractivity contribution in [2.75, 3.05) is 13.1 Å². The van der Waals surface area contributed by atoms with Crippen molar-refractivity contribution >= 4 is 37.5 Å². The van der Waals surface area contributed by atoms with Gasteiger partial charge in [0.05, 0.1) is 21.7 Å². The number of terminal acetylenes is 1. The SMILES string of the molecule is C#CCn1c(=NC(=O)c2ccc(S(=O)(=O)N(CC)CCCC)cc2)sc2cc(F)cc(F)c21. The van der Waals surface area contributed by atoms with Gasteiger partial charge in [-0.05, 0) is 36.8 Å². The first kappa shape index (κ1) is 24.8. The van der Waals surface area contributed by atoms with Crippen LogP contribution in [0.15, 0.2) is 46.3 Å². The van der Waals surface area contributed by atoms with E-state index >= 15 is 0 Å². The van der Waals surface area contributed by atoms with Gasteiger partial charge in [0.25, 0.3) is 5.91 Å². The Kier molecular flexibility index (Phi) is 7.79. The fourth-order valence-corrected chi connectivity index (χ4v) is 5.86. The number of carbonyl (C=O) groups is 1. The number of amides is 1. The second kappa shape index (κ2) is 10.4. The molecule has 10 heteroatoms. The summed E-state index contributed by atoms with van der Waals surface area (Å²) in [4.78, 5) is 17.0. The Hall–Kier alpha value is -2.87. The first-order valence-electron chi connectivity index (χ1n) is 10.3. The van der Waals surface area contributed by atoms with E-state index in [9.17, 15) is 22.0 Å². The summed E-state index contributed by atoms with van der Waals surface area (Å²) in [5, 5.41) is 0. The van der Waals surface area contributed by atoms with E-state index in [0.717, 1.165) is 36.3 Å². The van der Waals surface area contributed by atoms with E-state index in [1.165, 1.54) is 33.1 Å². The zero-order valence-electron chi connectivity index (χ0n) is 18.2. The molecule has 0 unspecified atom stereocenters. The third kappa shape index (κ3) is 5.21. The fraction of sp³-hybridized carbons (Fsp3) is 0.304. The molecular weight excluding hydrogens is 468 g/mol. The first-order chi connectivity index (χ1) is 15.7. The molecule has 2 aromatic carbocycles. The van der Waals surface area contributed by atoms with E-state index in [1.54, 1.807) is 6.92 Å². The standard InChI is InChI=1S/C23H23F2N3O3S2/c1-4-7-13-27(6-3)33(30,31)18-10-8-16(9-11-18)22(29)26-23-28(12-5-2)21-19(25)14-17(24)15-20(21)32-23/h2,8-11,14-15H,4,6-7,12-13H2,1,3H3. The largest absolute Gasteiger partial charge is 0.302 e. The number of rotatable bonds is 8. The fourth-order valence-electron chi connectivity index (χ4n) is 3.31. The van der Waals surface area contributed by atoms with Crippen LogP contribution in [0.1, 0.15) is 37.0 Å². The Labute approximate surface area is 195 Å². The summed E-state index contributed by atoms with van der Waals surface area (Å²) >= 11 is 0.934. The molecule has 0 fully saturated rings. The number of thiazole rings is 1. The highest BCUT2D eigenvalue weighted by molar-refractivity contribution is 7.89. The molecule has 0 saturated heterocycles. The van der Waals surface area contributed by atoms with Crippen LogP contribution in [0.2, 0.25) is 0 Å². The number of benzene rings is 2. The predicted molar refractivity (Wildman–Crippen MR) is 124 cm³/mol. The smallest absolute Gasteiger partial charge is 0.279 e. The maximum absolute atomic E-state index is 14.3. The van der Waals surface area contributed by atoms with Crippen LogP contribution >= 0.6 is 11.3 Å². The molecule has 0 aliphatic carbocycles. The highest BCUT2D eigenvalue weighted by Crippen LogP contribution is 2.22. The van der Waals surface area contributed by atoms with Gasteiger partial charge in [-0.2, -0.15) is 9.30 Å². The van der Waals surface area contributed by atoms with Crippen LogP contribution in [0.4, 0.5) is 8.78 Å². The zero-order valence-corrected chi connectivity index (χ0v) is 19.8. The lowest BCUT2D eigenvalue weighted by Crippen LogP contribution is -2.31. The Morgan fingerprint density at radius 1 is 1.21 bits per heavy atom. The van der Waals surface area contributed by atoms with E-state index in [1.807, 2.05) is 6.92 Å². The van der Waals surface area contributed by atoms with E-state index in [-0.39, 0.29) is 32.0 Å². The number of fused-ring (bicyclic) bond motifs is 1. The number of carbonyl (C=O) groups excluding carboxylic acids is 1. The van der Waals surface area contributed by atoms with Gasteiger partial charge < -0.3 is 4.57 Å². The average Bonchev–Trinajstić information content (AvgIpc) is 3.11. The van der Waals surface area contributed by atoms with Crippen LogP contribution in [-0.2, 0) is 16.6 Å². The number of halogens is 2. The molecular formula is C23H23F2N3O3S2. The Morgan fingerprint density at radius 3 is 2.52 bits per heavy atom. The molecule has 0 atom stereocenters. The summed E-state index contributed by atoms with van der Waals surface area (Å²) in [6.07, 6.45) is 6.99. The summed E-state index contributed by atoms with van der Waals surface area (Å²) in [5.74, 6) is 0.173. The molecule has 0 N–H and O–H groups in total. The molecule has 3 aromatic rings. The molecule has 3 rings (SSSR count). The van der Waals surface area contributed by atoms with Crippen molar-refractivity contribution in [1.29, 1.82) is 0 Å². The maximum Gasteiger partial charge on any atom is 0.279 e. The maximum atomic E-state index is 14.3. The second-order valence-corrected chi connectivity index (χ2v) is 10.1. The molecule has 0 bridgehead atoms. The molecule has 33 heavy (non-hydrogen) atoms. The van der Waals surface area contributed by atoms with Gasteiger partial charge in [-0.1, -0.05) is 37.5 Å². The lowest BCUT2D eigenvalue weighted by Gasteiger charge is -2.20. The summed E-state index contributed by atoms with van der Waals surface area (Å²) in [6, 6.07) is 7.38. The van der Waals surface area contributed by atoms with Gasteiger partial charge in [-0.25, -0.2) is 17.2 Å². The van der Waals surface area contributed by atoms with Gasteiger partial charge in [0.2, 0.25) is 10.0 Å². The van der Waals surface area contributed by atoms with Crippen LogP contribution in [0, 0.1) is 24.0 Å². The van der Waals surface area contributed by atoms with E-state index in [2.05, 4.69) is 10.9 Å². The summed E-state index contributed by atoms with van der Waals surface area (Å²) < 4.78 is 56.6. The Balaban J connectivity index is 1.97. The van der Waals surface area contributed by atoms with Gasteiger partial charge in [0.1, 0.15) is 5.82 Å². The van der Waals surface area contributed by atoms with Gasteiger partial charge in [-0.15, -0.1) is 6.42 Å². The van der Waals surface area contributed by atoms with Gasteiger partial charge >= 0.3 is 0 Å². The molecule has 6 nitrogen and oxygen atoms in total. The average molecular weight is 492 g/mol. The quantitative estimate of drug-likeness (QED) is 0.444. The lowest BCUT2D eigenvalue weighted by atomic mass is 10.2. The summed E-state index contributed by atoms with van der Waals surface area (Å²) in [5.41, 5.74) is 0.223. The van der Waals surface area contributed by atoms with Crippen LogP contribution in [0.5, 0.6) is 0 Å². The number of sulfonamides is 1. The van der Waals surface area contributed by atoms with Gasteiger partial charge in [-0.3, -0.25) is 4.79 Å². The number of unbranched alkanes of at least 4 members (excludes halogenated alkanes) is 1. The van der Waals surface area contributed by atoms with Crippen molar-refractivity contribution in [1.82, 2.24) is 8.87 Å². The van der Waals surface area contributed by atoms with Crippen LogP contribution in [-0.4, -0.2) is 36.3 Å². The highest BCUT2D eigenvalue weighted by atomic mass is 32.2. The van der Waals surface area contributed by atoms with Crippen LogP contribution in [0.25, 0.3) is 10.2 Å². The minimum atomic E-state index is -3.67. The molecule has 0 aliphatic heterocycles. The third-order valence-corrected chi connectivity index (χ3v) is 8.01. The van der Waals surface area contributed by atoms with Crippen LogP contribution in [0.3, 0.4) is 0 Å². The lowest BCUT2D eigenvalue weighted by molar-refractivity contribution is 0.0997. The van der Waals surface area contributed by atoms with Crippen molar-refractivity contribution in [3.05, 3.63) is 58.4 Å². The number of aromatic nitrogens is 1.